The highest BCUT2D eigenvalue weighted by atomic mass is 127. The standard InChI is InChI=1S/C23H31NO.C6HF4I/c1-2-3-4-5-6-7-8-9-20-25-23-14-12-21(13-15-23)10-11-22-16-18-24-19-17-22;7-2-1-3(8)5(10)6(11)4(2)9/h10-19H,2-9,20H2,1H3;1H/b11-10+;. The van der Waals surface area contributed by atoms with Gasteiger partial charge in [0.2, 0.25) is 0 Å². The van der Waals surface area contributed by atoms with Crippen LogP contribution in [0.5, 0.6) is 5.75 Å². The van der Waals surface area contributed by atoms with Gasteiger partial charge in [-0.25, -0.2) is 17.6 Å². The first-order valence-electron chi connectivity index (χ1n) is 12.2. The van der Waals surface area contributed by atoms with Gasteiger partial charge in [-0.15, -0.1) is 0 Å². The fourth-order valence-corrected chi connectivity index (χ4v) is 3.83. The Bertz CT molecular complexity index is 1030. The molecule has 0 spiro atoms. The third-order valence-corrected chi connectivity index (χ3v) is 6.33. The second-order valence-corrected chi connectivity index (χ2v) is 9.37. The van der Waals surface area contributed by atoms with Crippen LogP contribution in [0.4, 0.5) is 17.6 Å². The van der Waals surface area contributed by atoms with Crippen LogP contribution in [0.1, 0.15) is 69.4 Å². The maximum atomic E-state index is 12.4. The first kappa shape index (κ1) is 29.8. The first-order valence-corrected chi connectivity index (χ1v) is 13.3. The summed E-state index contributed by atoms with van der Waals surface area (Å²) in [6.07, 6.45) is 18.5. The van der Waals surface area contributed by atoms with Gasteiger partial charge in [0.05, 0.1) is 10.2 Å². The molecule has 0 bridgehead atoms. The molecule has 0 fully saturated rings. The molecule has 2 nitrogen and oxygen atoms in total. The lowest BCUT2D eigenvalue weighted by atomic mass is 10.1. The zero-order chi connectivity index (χ0) is 26.2. The summed E-state index contributed by atoms with van der Waals surface area (Å²) in [7, 11) is 0. The van der Waals surface area contributed by atoms with Crippen molar-refractivity contribution in [3.63, 3.8) is 0 Å². The minimum Gasteiger partial charge on any atom is -0.494 e. The quantitative estimate of drug-likeness (QED) is 0.0668. The zero-order valence-electron chi connectivity index (χ0n) is 20.5. The Morgan fingerprint density at radius 2 is 1.22 bits per heavy atom. The normalized spacial score (nSPS) is 10.8. The van der Waals surface area contributed by atoms with Crippen molar-refractivity contribution in [2.24, 2.45) is 0 Å². The number of ether oxygens (including phenoxy) is 1. The van der Waals surface area contributed by atoms with Gasteiger partial charge in [0, 0.05) is 18.5 Å². The van der Waals surface area contributed by atoms with Gasteiger partial charge in [-0.05, 0) is 64.4 Å². The van der Waals surface area contributed by atoms with Gasteiger partial charge < -0.3 is 4.74 Å². The van der Waals surface area contributed by atoms with E-state index in [-0.39, 0.29) is 6.07 Å². The van der Waals surface area contributed by atoms with Crippen molar-refractivity contribution in [1.82, 2.24) is 4.98 Å². The van der Waals surface area contributed by atoms with E-state index >= 15 is 0 Å². The predicted octanol–water partition coefficient (Wildman–Crippen LogP) is 9.62. The number of rotatable bonds is 12. The number of pyridine rings is 1. The average molecular weight is 613 g/mol. The molecule has 1 aromatic heterocycles. The molecule has 0 aliphatic heterocycles. The van der Waals surface area contributed by atoms with E-state index < -0.39 is 26.8 Å². The monoisotopic (exact) mass is 613 g/mol. The van der Waals surface area contributed by atoms with E-state index in [1.54, 1.807) is 0 Å². The summed E-state index contributed by atoms with van der Waals surface area (Å²) in [5.41, 5.74) is 2.33. The molecular formula is C29H32F4INO. The maximum absolute atomic E-state index is 12.4. The molecule has 0 saturated heterocycles. The largest absolute Gasteiger partial charge is 0.494 e. The number of unbranched alkanes of at least 4 members (excludes halogenated alkanes) is 7. The van der Waals surface area contributed by atoms with Crippen molar-refractivity contribution in [2.45, 2.75) is 58.3 Å². The van der Waals surface area contributed by atoms with Crippen LogP contribution in [0.2, 0.25) is 0 Å². The lowest BCUT2D eigenvalue weighted by Gasteiger charge is -2.06. The molecule has 0 N–H and O–H groups in total. The molecule has 3 rings (SSSR count). The second-order valence-electron chi connectivity index (χ2n) is 8.29. The summed E-state index contributed by atoms with van der Waals surface area (Å²) in [5.74, 6) is -4.51. The smallest absolute Gasteiger partial charge is 0.175 e. The third-order valence-electron chi connectivity index (χ3n) is 5.38. The Kier molecular flexibility index (Phi) is 14.2. The van der Waals surface area contributed by atoms with Gasteiger partial charge in [0.1, 0.15) is 5.75 Å². The van der Waals surface area contributed by atoms with Gasteiger partial charge in [-0.3, -0.25) is 4.98 Å². The Hall–Kier alpha value is -2.42. The zero-order valence-corrected chi connectivity index (χ0v) is 22.6. The summed E-state index contributed by atoms with van der Waals surface area (Å²) in [6.45, 7) is 3.09. The molecule has 1 heterocycles. The summed E-state index contributed by atoms with van der Waals surface area (Å²) in [5, 5.41) is 0. The van der Waals surface area contributed by atoms with Crippen LogP contribution in [0.3, 0.4) is 0 Å². The summed E-state index contributed by atoms with van der Waals surface area (Å²) in [6, 6.07) is 12.5. The summed E-state index contributed by atoms with van der Waals surface area (Å²) < 4.78 is 54.4. The van der Waals surface area contributed by atoms with Crippen molar-refractivity contribution in [3.8, 4) is 5.75 Å². The number of aromatic nitrogens is 1. The molecule has 0 atom stereocenters. The molecule has 2 aromatic carbocycles. The van der Waals surface area contributed by atoms with Gasteiger partial charge in [0.15, 0.2) is 23.3 Å². The molecule has 3 aromatic rings. The lowest BCUT2D eigenvalue weighted by molar-refractivity contribution is 0.304. The third kappa shape index (κ3) is 11.1. The molecule has 0 aliphatic rings. The van der Waals surface area contributed by atoms with Crippen LogP contribution in [-0.4, -0.2) is 11.6 Å². The van der Waals surface area contributed by atoms with E-state index in [2.05, 4.69) is 48.3 Å². The molecule has 7 heteroatoms. The van der Waals surface area contributed by atoms with Gasteiger partial charge in [-0.1, -0.05) is 76.2 Å². The number of hydrogen-bond acceptors (Lipinski definition) is 2. The molecule has 0 saturated carbocycles. The Morgan fingerprint density at radius 3 is 1.78 bits per heavy atom. The fraction of sp³-hybridized carbons (Fsp3) is 0.345. The molecule has 0 unspecified atom stereocenters. The Morgan fingerprint density at radius 1 is 0.722 bits per heavy atom. The minimum absolute atomic E-state index is 0.173. The highest BCUT2D eigenvalue weighted by molar-refractivity contribution is 14.1. The molecule has 0 aliphatic carbocycles. The number of halogens is 5. The van der Waals surface area contributed by atoms with Gasteiger partial charge in [0.25, 0.3) is 0 Å². The van der Waals surface area contributed by atoms with E-state index in [4.69, 9.17) is 4.74 Å². The molecule has 0 radical (unpaired) electrons. The second kappa shape index (κ2) is 17.1. The minimum atomic E-state index is -1.38. The van der Waals surface area contributed by atoms with Gasteiger partial charge >= 0.3 is 0 Å². The van der Waals surface area contributed by atoms with Crippen molar-refractivity contribution in [1.29, 1.82) is 0 Å². The number of benzene rings is 2. The van der Waals surface area contributed by atoms with E-state index in [9.17, 15) is 17.6 Å². The maximum Gasteiger partial charge on any atom is 0.175 e. The fourth-order valence-electron chi connectivity index (χ4n) is 3.31. The first-order chi connectivity index (χ1) is 17.4. The van der Waals surface area contributed by atoms with Crippen molar-refractivity contribution in [2.75, 3.05) is 6.61 Å². The predicted molar refractivity (Wildman–Crippen MR) is 147 cm³/mol. The van der Waals surface area contributed by atoms with Crippen LogP contribution in [-0.2, 0) is 0 Å². The van der Waals surface area contributed by atoms with E-state index in [1.807, 2.05) is 24.5 Å². The molecular weight excluding hydrogens is 581 g/mol. The Labute approximate surface area is 224 Å². The summed E-state index contributed by atoms with van der Waals surface area (Å²) in [4.78, 5) is 4.03. The van der Waals surface area contributed by atoms with Crippen LogP contribution < -0.4 is 4.74 Å². The average Bonchev–Trinajstić information content (AvgIpc) is 2.90. The van der Waals surface area contributed by atoms with Crippen molar-refractivity contribution >= 4 is 34.7 Å². The lowest BCUT2D eigenvalue weighted by Crippen LogP contribution is -1.97. The highest BCUT2D eigenvalue weighted by Gasteiger charge is 2.15. The molecule has 36 heavy (non-hydrogen) atoms. The summed E-state index contributed by atoms with van der Waals surface area (Å²) >= 11 is 1.19. The van der Waals surface area contributed by atoms with Crippen molar-refractivity contribution in [3.05, 3.63) is 92.8 Å². The highest BCUT2D eigenvalue weighted by Crippen LogP contribution is 2.20. The van der Waals surface area contributed by atoms with E-state index in [0.717, 1.165) is 24.3 Å². The number of hydrogen-bond donors (Lipinski definition) is 0. The molecule has 0 amide bonds. The van der Waals surface area contributed by atoms with Crippen LogP contribution >= 0.6 is 22.6 Å². The molecule has 194 valence electrons. The van der Waals surface area contributed by atoms with Crippen LogP contribution in [0.25, 0.3) is 12.2 Å². The SMILES string of the molecule is CCCCCCCCCCOc1ccc(/C=C/c2ccncc2)cc1.Fc1cc(F)c(F)c(I)c1F. The van der Waals surface area contributed by atoms with Crippen LogP contribution in [0, 0.1) is 26.8 Å². The van der Waals surface area contributed by atoms with E-state index in [0.29, 0.717) is 0 Å². The van der Waals surface area contributed by atoms with E-state index in [1.165, 1.54) is 73.1 Å². The topological polar surface area (TPSA) is 22.1 Å². The van der Waals surface area contributed by atoms with Gasteiger partial charge in [-0.2, -0.15) is 0 Å². The number of nitrogens with zero attached hydrogens (tertiary/aromatic N) is 1. The Balaban J connectivity index is 0.000000346. The van der Waals surface area contributed by atoms with Crippen LogP contribution in [0.15, 0.2) is 54.9 Å². The van der Waals surface area contributed by atoms with Crippen molar-refractivity contribution < 1.29 is 22.3 Å².